The number of nitrogens with two attached hydrogens (primary N) is 1. The van der Waals surface area contributed by atoms with E-state index < -0.39 is 0 Å². The molecular weight excluding hydrogens is 138 g/mol. The molecule has 0 radical (unpaired) electrons. The summed E-state index contributed by atoms with van der Waals surface area (Å²) in [6.45, 7) is 0.606. The van der Waals surface area contributed by atoms with Gasteiger partial charge >= 0.3 is 0 Å². The lowest BCUT2D eigenvalue weighted by atomic mass is 10.1. The number of hydrogen-bond acceptors (Lipinski definition) is 2. The maximum atomic E-state index is 5.53. The second kappa shape index (κ2) is 2.55. The predicted molar refractivity (Wildman–Crippen MR) is 43.6 cm³/mol. The Bertz CT molecular complexity index is 234. The smallest absolute Gasteiger partial charge is 0.123 e. The minimum absolute atomic E-state index is 0.201. The highest BCUT2D eigenvalue weighted by molar-refractivity contribution is 5.37. The second-order valence-corrected chi connectivity index (χ2v) is 2.79. The lowest BCUT2D eigenvalue weighted by Crippen LogP contribution is -2.24. The molecule has 11 heavy (non-hydrogen) atoms. The van der Waals surface area contributed by atoms with Crippen LogP contribution < -0.4 is 10.5 Å². The molecule has 0 aromatic heterocycles. The molecule has 0 saturated heterocycles. The minimum Gasteiger partial charge on any atom is -0.488 e. The van der Waals surface area contributed by atoms with Crippen LogP contribution in [0.4, 0.5) is 0 Å². The van der Waals surface area contributed by atoms with Crippen LogP contribution in [0.5, 0.6) is 5.75 Å². The summed E-state index contributed by atoms with van der Waals surface area (Å²) in [4.78, 5) is 0. The van der Waals surface area contributed by atoms with Crippen molar-refractivity contribution in [3.05, 3.63) is 29.8 Å². The minimum atomic E-state index is 0.201. The van der Waals surface area contributed by atoms with Gasteiger partial charge in [-0.25, -0.2) is 0 Å². The number of benzene rings is 1. The van der Waals surface area contributed by atoms with E-state index in [2.05, 4.69) is 6.07 Å². The molecule has 2 nitrogen and oxygen atoms in total. The van der Waals surface area contributed by atoms with Crippen molar-refractivity contribution in [1.29, 1.82) is 0 Å². The molecule has 1 unspecified atom stereocenters. The molecule has 1 heterocycles. The Balaban J connectivity index is 2.27. The zero-order valence-electron chi connectivity index (χ0n) is 6.29. The van der Waals surface area contributed by atoms with Gasteiger partial charge in [-0.3, -0.25) is 0 Å². The Kier molecular flexibility index (Phi) is 1.55. The average molecular weight is 149 g/mol. The molecule has 1 atom stereocenters. The van der Waals surface area contributed by atoms with Crippen LogP contribution in [-0.2, 0) is 6.42 Å². The van der Waals surface area contributed by atoms with Crippen molar-refractivity contribution in [2.75, 3.05) is 6.54 Å². The molecular formula is C9H11NO. The van der Waals surface area contributed by atoms with E-state index in [-0.39, 0.29) is 6.10 Å². The molecule has 0 spiro atoms. The van der Waals surface area contributed by atoms with E-state index in [0.29, 0.717) is 6.54 Å². The lowest BCUT2D eigenvalue weighted by molar-refractivity contribution is 0.241. The fourth-order valence-corrected chi connectivity index (χ4v) is 1.39. The number of hydrogen-bond donors (Lipinski definition) is 1. The highest BCUT2D eigenvalue weighted by Crippen LogP contribution is 2.27. The summed E-state index contributed by atoms with van der Waals surface area (Å²) < 4.78 is 5.53. The van der Waals surface area contributed by atoms with E-state index in [0.717, 1.165) is 12.2 Å². The number of para-hydroxylation sites is 1. The molecule has 1 aliphatic rings. The van der Waals surface area contributed by atoms with Gasteiger partial charge in [-0.1, -0.05) is 18.2 Å². The third-order valence-corrected chi connectivity index (χ3v) is 1.98. The van der Waals surface area contributed by atoms with Gasteiger partial charge in [0.25, 0.3) is 0 Å². The standard InChI is InChI=1S/C9H11NO/c10-6-8-5-7-3-1-2-4-9(7)11-8/h1-4,8H,5-6,10H2. The fraction of sp³-hybridized carbons (Fsp3) is 0.333. The molecule has 1 aromatic rings. The molecule has 0 saturated carbocycles. The van der Waals surface area contributed by atoms with Crippen molar-refractivity contribution in [3.8, 4) is 5.75 Å². The van der Waals surface area contributed by atoms with Crippen LogP contribution in [0.25, 0.3) is 0 Å². The quantitative estimate of drug-likeness (QED) is 0.645. The molecule has 58 valence electrons. The van der Waals surface area contributed by atoms with E-state index in [4.69, 9.17) is 10.5 Å². The molecule has 2 rings (SSSR count). The van der Waals surface area contributed by atoms with Gasteiger partial charge in [-0.15, -0.1) is 0 Å². The highest BCUT2D eigenvalue weighted by atomic mass is 16.5. The average Bonchev–Trinajstić information content (AvgIpc) is 2.46. The number of rotatable bonds is 1. The van der Waals surface area contributed by atoms with Crippen molar-refractivity contribution in [2.24, 2.45) is 5.73 Å². The molecule has 0 aliphatic carbocycles. The zero-order chi connectivity index (χ0) is 7.68. The molecule has 0 fully saturated rings. The highest BCUT2D eigenvalue weighted by Gasteiger charge is 2.19. The van der Waals surface area contributed by atoms with Gasteiger partial charge in [0.15, 0.2) is 0 Å². The summed E-state index contributed by atoms with van der Waals surface area (Å²) in [7, 11) is 0. The Hall–Kier alpha value is -1.02. The molecule has 1 aromatic carbocycles. The molecule has 1 aliphatic heterocycles. The normalized spacial score (nSPS) is 21.0. The Morgan fingerprint density at radius 1 is 1.45 bits per heavy atom. The first-order valence-corrected chi connectivity index (χ1v) is 3.85. The summed E-state index contributed by atoms with van der Waals surface area (Å²) in [5.74, 6) is 1.00. The van der Waals surface area contributed by atoms with Gasteiger partial charge in [0, 0.05) is 13.0 Å². The van der Waals surface area contributed by atoms with Crippen LogP contribution in [0.2, 0.25) is 0 Å². The van der Waals surface area contributed by atoms with Crippen LogP contribution in [-0.4, -0.2) is 12.6 Å². The Morgan fingerprint density at radius 2 is 2.27 bits per heavy atom. The van der Waals surface area contributed by atoms with Gasteiger partial charge in [-0.2, -0.15) is 0 Å². The second-order valence-electron chi connectivity index (χ2n) is 2.79. The maximum absolute atomic E-state index is 5.53. The van der Waals surface area contributed by atoms with Crippen LogP contribution in [0.15, 0.2) is 24.3 Å². The summed E-state index contributed by atoms with van der Waals surface area (Å²) in [6, 6.07) is 8.09. The Morgan fingerprint density at radius 3 is 3.00 bits per heavy atom. The first kappa shape index (κ1) is 6.68. The third kappa shape index (κ3) is 1.10. The van der Waals surface area contributed by atoms with E-state index in [9.17, 15) is 0 Å². The van der Waals surface area contributed by atoms with Crippen molar-refractivity contribution >= 4 is 0 Å². The monoisotopic (exact) mass is 149 g/mol. The van der Waals surface area contributed by atoms with Gasteiger partial charge < -0.3 is 10.5 Å². The first-order valence-electron chi connectivity index (χ1n) is 3.85. The van der Waals surface area contributed by atoms with Crippen LogP contribution in [0.3, 0.4) is 0 Å². The molecule has 0 amide bonds. The van der Waals surface area contributed by atoms with Crippen LogP contribution >= 0.6 is 0 Å². The van der Waals surface area contributed by atoms with Crippen molar-refractivity contribution in [3.63, 3.8) is 0 Å². The number of fused-ring (bicyclic) bond motifs is 1. The van der Waals surface area contributed by atoms with E-state index >= 15 is 0 Å². The van der Waals surface area contributed by atoms with Crippen molar-refractivity contribution in [1.82, 2.24) is 0 Å². The van der Waals surface area contributed by atoms with Gasteiger partial charge in [0.05, 0.1) is 0 Å². The van der Waals surface area contributed by atoms with Crippen LogP contribution in [0, 0.1) is 0 Å². The third-order valence-electron chi connectivity index (χ3n) is 1.98. The van der Waals surface area contributed by atoms with Gasteiger partial charge in [-0.05, 0) is 11.6 Å². The van der Waals surface area contributed by atoms with Crippen molar-refractivity contribution < 1.29 is 4.74 Å². The predicted octanol–water partition coefficient (Wildman–Crippen LogP) is 0.949. The molecule has 2 heteroatoms. The van der Waals surface area contributed by atoms with Crippen molar-refractivity contribution in [2.45, 2.75) is 12.5 Å². The van der Waals surface area contributed by atoms with Crippen LogP contribution in [0.1, 0.15) is 5.56 Å². The zero-order valence-corrected chi connectivity index (χ0v) is 6.29. The molecule has 2 N–H and O–H groups in total. The number of ether oxygens (including phenoxy) is 1. The summed E-state index contributed by atoms with van der Waals surface area (Å²) >= 11 is 0. The summed E-state index contributed by atoms with van der Waals surface area (Å²) in [5.41, 5.74) is 6.77. The summed E-state index contributed by atoms with van der Waals surface area (Å²) in [6.07, 6.45) is 1.17. The first-order chi connectivity index (χ1) is 5.40. The van der Waals surface area contributed by atoms with E-state index in [1.807, 2.05) is 18.2 Å². The van der Waals surface area contributed by atoms with E-state index in [1.54, 1.807) is 0 Å². The Labute approximate surface area is 66.0 Å². The lowest BCUT2D eigenvalue weighted by Gasteiger charge is -2.05. The maximum Gasteiger partial charge on any atom is 0.123 e. The topological polar surface area (TPSA) is 35.2 Å². The fourth-order valence-electron chi connectivity index (χ4n) is 1.39. The molecule has 0 bridgehead atoms. The van der Waals surface area contributed by atoms with E-state index in [1.165, 1.54) is 5.56 Å². The largest absolute Gasteiger partial charge is 0.488 e. The van der Waals surface area contributed by atoms with Gasteiger partial charge in [0.2, 0.25) is 0 Å². The summed E-state index contributed by atoms with van der Waals surface area (Å²) in [5, 5.41) is 0. The SMILES string of the molecule is NCC1Cc2ccccc2O1. The van der Waals surface area contributed by atoms with Gasteiger partial charge in [0.1, 0.15) is 11.9 Å².